The van der Waals surface area contributed by atoms with E-state index in [1.54, 1.807) is 0 Å². The molecule has 0 radical (unpaired) electrons. The van der Waals surface area contributed by atoms with Gasteiger partial charge in [-0.05, 0) is 25.5 Å². The third kappa shape index (κ3) is 9.77. The molecule has 15 atom stereocenters. The minimum absolute atomic E-state index is 0.119. The molecule has 17 heteroatoms. The van der Waals surface area contributed by atoms with Crippen LogP contribution in [0.4, 0.5) is 0 Å². The molecule has 0 aromatic carbocycles. The summed E-state index contributed by atoms with van der Waals surface area (Å²) in [5.74, 6) is 0. The van der Waals surface area contributed by atoms with Gasteiger partial charge in [-0.25, -0.2) is 0 Å². The minimum Gasteiger partial charge on any atom is -0.498 e. The summed E-state index contributed by atoms with van der Waals surface area (Å²) >= 11 is 0. The molecule has 6 N–H and O–H groups in total. The standard InChI is InChI=1S/C29H50O17/c1-14(2)10-40-13-15-18(30)19(31)25(39-6)28(43-15)46-24-17(12-38-5)44-29(26(22(24)34)41-9-7-8-36-3)45-23-16(11-37-4)42-27(35)21(33)20(23)32/h7,9-10,15-35H,8,11-13H2,1-6H3/b9-7+/t15-,16-,17?,18+,19?,20?,21?,22?,23+,24+,25?,26-,27+,28-,29-/m0/s1. The van der Waals surface area contributed by atoms with Gasteiger partial charge >= 0.3 is 0 Å². The molecule has 0 aromatic rings. The van der Waals surface area contributed by atoms with E-state index >= 15 is 0 Å². The van der Waals surface area contributed by atoms with E-state index in [4.69, 9.17) is 52.1 Å². The van der Waals surface area contributed by atoms with Crippen molar-refractivity contribution in [1.82, 2.24) is 0 Å². The van der Waals surface area contributed by atoms with E-state index in [9.17, 15) is 30.6 Å². The first-order valence-electron chi connectivity index (χ1n) is 14.9. The summed E-state index contributed by atoms with van der Waals surface area (Å²) in [6.45, 7) is 3.45. The van der Waals surface area contributed by atoms with Crippen molar-refractivity contribution < 1.29 is 82.7 Å². The fraction of sp³-hybridized carbons (Fsp3) is 0.862. The molecule has 3 aliphatic rings. The lowest BCUT2D eigenvalue weighted by Gasteiger charge is -2.49. The average Bonchev–Trinajstić information content (AvgIpc) is 3.01. The molecule has 0 saturated carbocycles. The fourth-order valence-electron chi connectivity index (χ4n) is 5.31. The summed E-state index contributed by atoms with van der Waals surface area (Å²) in [7, 11) is 5.56. The number of aliphatic hydroxyl groups excluding tert-OH is 6. The Balaban J connectivity index is 1.90. The van der Waals surface area contributed by atoms with Gasteiger partial charge in [-0.2, -0.15) is 0 Å². The average molecular weight is 671 g/mol. The molecule has 6 unspecified atom stereocenters. The molecule has 3 fully saturated rings. The molecule has 46 heavy (non-hydrogen) atoms. The van der Waals surface area contributed by atoms with Crippen LogP contribution in [0, 0.1) is 0 Å². The highest BCUT2D eigenvalue weighted by molar-refractivity contribution is 4.98. The van der Waals surface area contributed by atoms with Crippen molar-refractivity contribution in [3.8, 4) is 0 Å². The summed E-state index contributed by atoms with van der Waals surface area (Å²) in [4.78, 5) is 0. The van der Waals surface area contributed by atoms with Gasteiger partial charge in [0, 0.05) is 28.4 Å². The van der Waals surface area contributed by atoms with Crippen molar-refractivity contribution in [2.24, 2.45) is 0 Å². The van der Waals surface area contributed by atoms with E-state index in [0.29, 0.717) is 0 Å². The van der Waals surface area contributed by atoms with Crippen LogP contribution in [0.1, 0.15) is 13.8 Å². The van der Waals surface area contributed by atoms with E-state index in [1.165, 1.54) is 47.0 Å². The molecule has 3 rings (SSSR count). The fourth-order valence-corrected chi connectivity index (χ4v) is 5.31. The summed E-state index contributed by atoms with van der Waals surface area (Å²) in [6.07, 6.45) is -16.1. The Morgan fingerprint density at radius 3 is 1.76 bits per heavy atom. The number of allylic oxidation sites excluding steroid dienone is 1. The maximum absolute atomic E-state index is 11.7. The van der Waals surface area contributed by atoms with Gasteiger partial charge in [-0.15, -0.1) is 0 Å². The van der Waals surface area contributed by atoms with Gasteiger partial charge < -0.3 is 82.7 Å². The number of hydrogen-bond donors (Lipinski definition) is 6. The van der Waals surface area contributed by atoms with Gasteiger partial charge in [0.25, 0.3) is 0 Å². The third-order valence-electron chi connectivity index (χ3n) is 7.61. The highest BCUT2D eigenvalue weighted by Gasteiger charge is 2.54. The Bertz CT molecular complexity index is 933. The van der Waals surface area contributed by atoms with Crippen molar-refractivity contribution in [2.75, 3.05) is 54.9 Å². The van der Waals surface area contributed by atoms with Crippen LogP contribution in [0.5, 0.6) is 0 Å². The van der Waals surface area contributed by atoms with E-state index in [2.05, 4.69) is 0 Å². The van der Waals surface area contributed by atoms with Gasteiger partial charge in [0.15, 0.2) is 25.0 Å². The first-order chi connectivity index (χ1) is 22.0. The zero-order chi connectivity index (χ0) is 34.0. The molecule has 3 heterocycles. The van der Waals surface area contributed by atoms with Crippen LogP contribution in [0.25, 0.3) is 0 Å². The van der Waals surface area contributed by atoms with Crippen molar-refractivity contribution in [3.63, 3.8) is 0 Å². The number of hydrogen-bond acceptors (Lipinski definition) is 17. The topological polar surface area (TPSA) is 223 Å². The van der Waals surface area contributed by atoms with Crippen LogP contribution in [-0.4, -0.2) is 178 Å². The first-order valence-corrected chi connectivity index (χ1v) is 14.9. The Labute approximate surface area is 268 Å². The predicted molar refractivity (Wildman–Crippen MR) is 154 cm³/mol. The molecule has 0 spiro atoms. The number of rotatable bonds is 16. The van der Waals surface area contributed by atoms with Crippen LogP contribution < -0.4 is 0 Å². The molecule has 268 valence electrons. The molecule has 0 aromatic heterocycles. The van der Waals surface area contributed by atoms with E-state index in [1.807, 2.05) is 13.8 Å². The van der Waals surface area contributed by atoms with Crippen LogP contribution in [-0.2, 0) is 52.1 Å². The van der Waals surface area contributed by atoms with Gasteiger partial charge in [0.2, 0.25) is 0 Å². The monoisotopic (exact) mass is 670 g/mol. The largest absolute Gasteiger partial charge is 0.498 e. The molecular formula is C29H50O17. The van der Waals surface area contributed by atoms with Crippen LogP contribution in [0.2, 0.25) is 0 Å². The second-order valence-electron chi connectivity index (χ2n) is 11.4. The van der Waals surface area contributed by atoms with Crippen molar-refractivity contribution in [3.05, 3.63) is 24.2 Å². The SMILES string of the molecule is COC/C=C/O[C@H]1C(O)[C@H](O[C@@H]2O[C@@H](COC=C(C)C)[C@@H](O)C(O)C2OC)C(COC)O[C@H]1O[C@H]1C(O)C(O)[C@H](O)O[C@H]1COC. The number of methoxy groups -OCH3 is 4. The zero-order valence-corrected chi connectivity index (χ0v) is 26.9. The quantitative estimate of drug-likeness (QED) is 0.0936. The smallest absolute Gasteiger partial charge is 0.198 e. The van der Waals surface area contributed by atoms with E-state index in [0.717, 1.165) is 5.57 Å². The van der Waals surface area contributed by atoms with Gasteiger partial charge in [-0.1, -0.05) is 0 Å². The lowest BCUT2D eigenvalue weighted by atomic mass is 9.96. The molecule has 17 nitrogen and oxygen atoms in total. The Morgan fingerprint density at radius 1 is 0.609 bits per heavy atom. The lowest BCUT2D eigenvalue weighted by molar-refractivity contribution is -0.379. The molecule has 3 aliphatic heterocycles. The second-order valence-corrected chi connectivity index (χ2v) is 11.4. The summed E-state index contributed by atoms with van der Waals surface area (Å²) in [5.41, 5.74) is 0.868. The number of aliphatic hydroxyl groups is 6. The summed E-state index contributed by atoms with van der Waals surface area (Å²) < 4.78 is 62.0. The van der Waals surface area contributed by atoms with Crippen molar-refractivity contribution in [2.45, 2.75) is 106 Å². The Kier molecular flexibility index (Phi) is 16.0. The normalized spacial score (nSPS) is 41.8. The highest BCUT2D eigenvalue weighted by Crippen LogP contribution is 2.34. The predicted octanol–water partition coefficient (Wildman–Crippen LogP) is -2.48. The van der Waals surface area contributed by atoms with Gasteiger partial charge in [0.1, 0.15) is 73.8 Å². The van der Waals surface area contributed by atoms with Gasteiger partial charge in [0.05, 0.1) is 32.3 Å². The lowest BCUT2D eigenvalue weighted by Crippen LogP contribution is -2.67. The minimum atomic E-state index is -1.72. The highest BCUT2D eigenvalue weighted by atomic mass is 16.8. The van der Waals surface area contributed by atoms with E-state index in [-0.39, 0.29) is 26.4 Å². The first kappa shape index (κ1) is 38.9. The molecular weight excluding hydrogens is 620 g/mol. The van der Waals surface area contributed by atoms with Crippen LogP contribution in [0.3, 0.4) is 0 Å². The van der Waals surface area contributed by atoms with Crippen LogP contribution in [0.15, 0.2) is 24.2 Å². The summed E-state index contributed by atoms with van der Waals surface area (Å²) in [5, 5.41) is 64.4. The third-order valence-corrected chi connectivity index (χ3v) is 7.61. The maximum atomic E-state index is 11.7. The van der Waals surface area contributed by atoms with Gasteiger partial charge in [-0.3, -0.25) is 0 Å². The molecule has 0 bridgehead atoms. The molecule has 0 aliphatic carbocycles. The second kappa shape index (κ2) is 18.9. The maximum Gasteiger partial charge on any atom is 0.198 e. The van der Waals surface area contributed by atoms with E-state index < -0.39 is 92.1 Å². The zero-order valence-electron chi connectivity index (χ0n) is 26.9. The molecule has 3 saturated heterocycles. The Morgan fingerprint density at radius 2 is 1.17 bits per heavy atom. The van der Waals surface area contributed by atoms with Crippen molar-refractivity contribution >= 4 is 0 Å². The molecule has 0 amide bonds. The Hall–Kier alpha value is -1.52. The van der Waals surface area contributed by atoms with Crippen LogP contribution >= 0.6 is 0 Å². The summed E-state index contributed by atoms with van der Waals surface area (Å²) in [6, 6.07) is 0. The number of ether oxygens (including phenoxy) is 11. The van der Waals surface area contributed by atoms with Crippen molar-refractivity contribution in [1.29, 1.82) is 0 Å².